The third kappa shape index (κ3) is 11.2. The average molecular weight is 571 g/mol. The summed E-state index contributed by atoms with van der Waals surface area (Å²) in [7, 11) is 0. The summed E-state index contributed by atoms with van der Waals surface area (Å²) in [6, 6.07) is 21.5. The van der Waals surface area contributed by atoms with Crippen LogP contribution in [0.5, 0.6) is 0 Å². The number of nitrogens with zero attached hydrogens (tertiary/aromatic N) is 4. The Kier molecular flexibility index (Phi) is 14.5. The second kappa shape index (κ2) is 18.8. The Hall–Kier alpha value is -2.62. The van der Waals surface area contributed by atoms with Crippen LogP contribution in [0.2, 0.25) is 0 Å². The zero-order valence-corrected chi connectivity index (χ0v) is 26.8. The van der Waals surface area contributed by atoms with Gasteiger partial charge in [-0.3, -0.25) is 10.0 Å². The van der Waals surface area contributed by atoms with Crippen molar-refractivity contribution in [1.82, 2.24) is 0 Å². The van der Waals surface area contributed by atoms with Gasteiger partial charge in [-0.2, -0.15) is 10.2 Å². The van der Waals surface area contributed by atoms with E-state index in [1.165, 1.54) is 114 Å². The molecule has 0 spiro atoms. The van der Waals surface area contributed by atoms with Gasteiger partial charge in [0.05, 0.1) is 11.4 Å². The van der Waals surface area contributed by atoms with Gasteiger partial charge in [0.15, 0.2) is 0 Å². The minimum Gasteiger partial charge on any atom is -0.266 e. The first-order valence-corrected chi connectivity index (χ1v) is 17.4. The summed E-state index contributed by atoms with van der Waals surface area (Å²) in [6.45, 7) is 6.80. The Morgan fingerprint density at radius 3 is 1.21 bits per heavy atom. The zero-order valence-electron chi connectivity index (χ0n) is 26.8. The number of rotatable bonds is 19. The van der Waals surface area contributed by atoms with E-state index < -0.39 is 0 Å². The molecule has 0 bridgehead atoms. The molecule has 4 rings (SSSR count). The van der Waals surface area contributed by atoms with Crippen molar-refractivity contribution in [2.45, 2.75) is 117 Å². The molecule has 230 valence electrons. The van der Waals surface area contributed by atoms with Gasteiger partial charge in [-0.05, 0) is 73.6 Å². The smallest absolute Gasteiger partial charge is 0.0593 e. The molecule has 0 heterocycles. The van der Waals surface area contributed by atoms with E-state index in [9.17, 15) is 0 Å². The van der Waals surface area contributed by atoms with E-state index in [-0.39, 0.29) is 0 Å². The molecule has 4 atom stereocenters. The predicted molar refractivity (Wildman–Crippen MR) is 184 cm³/mol. The summed E-state index contributed by atoms with van der Waals surface area (Å²) in [6.07, 6.45) is 25.7. The summed E-state index contributed by atoms with van der Waals surface area (Å²) in [5, 5.41) is 14.4. The second-order valence-electron chi connectivity index (χ2n) is 13.1. The molecule has 2 aliphatic rings. The van der Waals surface area contributed by atoms with Crippen molar-refractivity contribution in [2.24, 2.45) is 33.9 Å². The van der Waals surface area contributed by atoms with Crippen molar-refractivity contribution in [1.29, 1.82) is 0 Å². The summed E-state index contributed by atoms with van der Waals surface area (Å²) >= 11 is 0. The molecular weight excluding hydrogens is 512 g/mol. The average Bonchev–Trinajstić information content (AvgIpc) is 3.64. The Morgan fingerprint density at radius 1 is 0.524 bits per heavy atom. The topological polar surface area (TPSA) is 31.2 Å². The molecule has 0 aromatic heterocycles. The number of anilines is 2. The van der Waals surface area contributed by atoms with Gasteiger partial charge in [0, 0.05) is 25.5 Å². The summed E-state index contributed by atoms with van der Waals surface area (Å²) in [5.41, 5.74) is 2.45. The lowest BCUT2D eigenvalue weighted by Gasteiger charge is -2.20. The molecule has 0 radical (unpaired) electrons. The number of hydrogen-bond donors (Lipinski definition) is 0. The summed E-state index contributed by atoms with van der Waals surface area (Å²) < 4.78 is 0. The van der Waals surface area contributed by atoms with Gasteiger partial charge in [0.2, 0.25) is 0 Å². The molecule has 2 aliphatic carbocycles. The third-order valence-corrected chi connectivity index (χ3v) is 9.75. The minimum atomic E-state index is 0.651. The third-order valence-electron chi connectivity index (χ3n) is 9.75. The molecule has 2 fully saturated rings. The highest BCUT2D eigenvalue weighted by atomic mass is 15.5. The van der Waals surface area contributed by atoms with Crippen LogP contribution < -0.4 is 10.0 Å². The fourth-order valence-electron chi connectivity index (χ4n) is 6.77. The van der Waals surface area contributed by atoms with Crippen molar-refractivity contribution in [3.05, 3.63) is 60.7 Å². The van der Waals surface area contributed by atoms with E-state index in [0.29, 0.717) is 11.8 Å². The molecule has 2 saturated carbocycles. The SMILES string of the molecule is CC1CCCC1/C=N/N(CCCCCCCCCCCCN(/N=C/C1CCCC1C)c1ccccc1)c1ccccc1. The fourth-order valence-corrected chi connectivity index (χ4v) is 6.77. The first-order valence-electron chi connectivity index (χ1n) is 17.4. The molecule has 4 heteroatoms. The molecular formula is C38H58N4. The number of para-hydroxylation sites is 2. The molecule has 2 aromatic rings. The van der Waals surface area contributed by atoms with Crippen LogP contribution in [0.15, 0.2) is 70.9 Å². The van der Waals surface area contributed by atoms with Crippen LogP contribution in [0, 0.1) is 23.7 Å². The lowest BCUT2D eigenvalue weighted by atomic mass is 10.00. The van der Waals surface area contributed by atoms with Crippen LogP contribution in [-0.2, 0) is 0 Å². The van der Waals surface area contributed by atoms with E-state index in [1.54, 1.807) is 0 Å². The normalized spacial score (nSPS) is 22.4. The van der Waals surface area contributed by atoms with Crippen molar-refractivity contribution < 1.29 is 0 Å². The lowest BCUT2D eigenvalue weighted by molar-refractivity contribution is 0.533. The zero-order chi connectivity index (χ0) is 29.2. The molecule has 4 nitrogen and oxygen atoms in total. The maximum absolute atomic E-state index is 4.97. The summed E-state index contributed by atoms with van der Waals surface area (Å²) in [5.74, 6) is 2.86. The van der Waals surface area contributed by atoms with E-state index in [2.05, 4.69) is 97.0 Å². The van der Waals surface area contributed by atoms with Crippen LogP contribution in [0.3, 0.4) is 0 Å². The van der Waals surface area contributed by atoms with Gasteiger partial charge in [-0.15, -0.1) is 0 Å². The first-order chi connectivity index (χ1) is 20.7. The quantitative estimate of drug-likeness (QED) is 0.0955. The Bertz CT molecular complexity index is 936. The van der Waals surface area contributed by atoms with Crippen molar-refractivity contribution in [3.8, 4) is 0 Å². The highest BCUT2D eigenvalue weighted by molar-refractivity contribution is 5.64. The van der Waals surface area contributed by atoms with Crippen molar-refractivity contribution in [3.63, 3.8) is 0 Å². The molecule has 0 saturated heterocycles. The van der Waals surface area contributed by atoms with Crippen molar-refractivity contribution >= 4 is 23.8 Å². The highest BCUT2D eigenvalue weighted by Gasteiger charge is 2.22. The number of hydrazone groups is 2. The van der Waals surface area contributed by atoms with Crippen molar-refractivity contribution in [2.75, 3.05) is 23.1 Å². The van der Waals surface area contributed by atoms with Gasteiger partial charge in [0.25, 0.3) is 0 Å². The Labute approximate surface area is 257 Å². The maximum atomic E-state index is 4.97. The van der Waals surface area contributed by atoms with Crippen LogP contribution in [0.1, 0.15) is 117 Å². The number of unbranched alkanes of at least 4 members (excludes halogenated alkanes) is 9. The number of benzene rings is 2. The van der Waals surface area contributed by atoms with E-state index >= 15 is 0 Å². The maximum Gasteiger partial charge on any atom is 0.0593 e. The molecule has 0 amide bonds. The van der Waals surface area contributed by atoms with Gasteiger partial charge in [0.1, 0.15) is 0 Å². The largest absolute Gasteiger partial charge is 0.266 e. The molecule has 0 N–H and O–H groups in total. The first kappa shape index (κ1) is 32.3. The van der Waals surface area contributed by atoms with E-state index in [4.69, 9.17) is 10.2 Å². The van der Waals surface area contributed by atoms with Crippen LogP contribution in [0.25, 0.3) is 0 Å². The van der Waals surface area contributed by atoms with Crippen LogP contribution >= 0.6 is 0 Å². The standard InChI is InChI=1S/C38H58N4/c1-33-21-19-23-35(33)31-39-41(37-25-13-11-14-26-37)29-17-9-7-5-3-4-6-8-10-18-30-42(38-27-15-12-16-28-38)40-32-36-24-20-22-34(36)2/h11-16,25-28,31-36H,3-10,17-24,29-30H2,1-2H3/b39-31+,40-32+. The Balaban J connectivity index is 1.05. The molecule has 0 aliphatic heterocycles. The second-order valence-corrected chi connectivity index (χ2v) is 13.1. The minimum absolute atomic E-state index is 0.651. The van der Waals surface area contributed by atoms with Crippen LogP contribution in [0.4, 0.5) is 11.4 Å². The van der Waals surface area contributed by atoms with Gasteiger partial charge in [-0.1, -0.05) is 127 Å². The lowest BCUT2D eigenvalue weighted by Crippen LogP contribution is -2.19. The number of hydrogen-bond acceptors (Lipinski definition) is 4. The molecule has 42 heavy (non-hydrogen) atoms. The molecule has 2 aromatic carbocycles. The van der Waals surface area contributed by atoms with Gasteiger partial charge < -0.3 is 0 Å². The van der Waals surface area contributed by atoms with Gasteiger partial charge >= 0.3 is 0 Å². The van der Waals surface area contributed by atoms with Gasteiger partial charge in [-0.25, -0.2) is 0 Å². The highest BCUT2D eigenvalue weighted by Crippen LogP contribution is 2.31. The van der Waals surface area contributed by atoms with E-state index in [1.807, 2.05) is 0 Å². The van der Waals surface area contributed by atoms with E-state index in [0.717, 1.165) is 24.9 Å². The Morgan fingerprint density at radius 2 is 0.881 bits per heavy atom. The molecule has 4 unspecified atom stereocenters. The summed E-state index contributed by atoms with van der Waals surface area (Å²) in [4.78, 5) is 0. The predicted octanol–water partition coefficient (Wildman–Crippen LogP) is 10.7. The van der Waals surface area contributed by atoms with Crippen LogP contribution in [-0.4, -0.2) is 25.5 Å². The monoisotopic (exact) mass is 570 g/mol. The fraction of sp³-hybridized carbons (Fsp3) is 0.632.